The third-order valence-electron chi connectivity index (χ3n) is 2.32. The number of carbonyl (C=O) groups is 2. The average Bonchev–Trinajstić information content (AvgIpc) is 2.44. The summed E-state index contributed by atoms with van der Waals surface area (Å²) in [5.41, 5.74) is 6.22. The first kappa shape index (κ1) is 14.7. The van der Waals surface area contributed by atoms with Crippen LogP contribution in [0, 0.1) is 11.8 Å². The van der Waals surface area contributed by atoms with Gasteiger partial charge in [0.25, 0.3) is 5.91 Å². The van der Waals surface area contributed by atoms with Crippen LogP contribution in [0.2, 0.25) is 0 Å². The monoisotopic (exact) mass is 260 g/mol. The van der Waals surface area contributed by atoms with Crippen molar-refractivity contribution in [1.82, 2.24) is 15.6 Å². The Morgan fingerprint density at radius 2 is 2.21 bits per heavy atom. The maximum Gasteiger partial charge on any atom is 0.253 e. The van der Waals surface area contributed by atoms with Gasteiger partial charge in [0.2, 0.25) is 5.91 Å². The van der Waals surface area contributed by atoms with E-state index in [0.717, 1.165) is 0 Å². The second-order valence-corrected chi connectivity index (χ2v) is 3.78. The molecule has 6 nitrogen and oxygen atoms in total. The van der Waals surface area contributed by atoms with Crippen LogP contribution in [0.25, 0.3) is 0 Å². The molecule has 0 fully saturated rings. The Hall–Kier alpha value is -2.39. The molecule has 1 rings (SSSR count). The van der Waals surface area contributed by atoms with Gasteiger partial charge in [-0.05, 0) is 13.0 Å². The van der Waals surface area contributed by atoms with Crippen LogP contribution in [0.1, 0.15) is 22.8 Å². The summed E-state index contributed by atoms with van der Waals surface area (Å²) in [6.07, 6.45) is 2.96. The molecule has 19 heavy (non-hydrogen) atoms. The van der Waals surface area contributed by atoms with Crippen molar-refractivity contribution in [3.63, 3.8) is 0 Å². The summed E-state index contributed by atoms with van der Waals surface area (Å²) in [6, 6.07) is 0.984. The van der Waals surface area contributed by atoms with Crippen molar-refractivity contribution in [3.8, 4) is 11.8 Å². The Bertz CT molecular complexity index is 531. The quantitative estimate of drug-likeness (QED) is 0.623. The van der Waals surface area contributed by atoms with E-state index < -0.39 is 6.04 Å². The van der Waals surface area contributed by atoms with Gasteiger partial charge in [-0.3, -0.25) is 14.6 Å². The zero-order valence-electron chi connectivity index (χ0n) is 10.9. The van der Waals surface area contributed by atoms with Gasteiger partial charge in [0, 0.05) is 25.0 Å². The molecule has 0 saturated heterocycles. The molecule has 0 aliphatic carbocycles. The van der Waals surface area contributed by atoms with E-state index in [1.807, 2.05) is 0 Å². The van der Waals surface area contributed by atoms with Crippen molar-refractivity contribution >= 4 is 11.8 Å². The lowest BCUT2D eigenvalue weighted by Gasteiger charge is -2.12. The number of nitrogens with two attached hydrogens (primary N) is 1. The zero-order valence-corrected chi connectivity index (χ0v) is 10.9. The molecule has 0 radical (unpaired) electrons. The summed E-state index contributed by atoms with van der Waals surface area (Å²) in [7, 11) is 1.51. The SMILES string of the molecule is CNC(=O)C(C)NC(=O)c1cncc(C#CCN)c1. The van der Waals surface area contributed by atoms with Crippen LogP contribution < -0.4 is 16.4 Å². The Labute approximate surface area is 111 Å². The molecule has 100 valence electrons. The maximum atomic E-state index is 11.9. The highest BCUT2D eigenvalue weighted by molar-refractivity contribution is 5.97. The molecular weight excluding hydrogens is 244 g/mol. The van der Waals surface area contributed by atoms with Crippen molar-refractivity contribution in [2.24, 2.45) is 5.73 Å². The van der Waals surface area contributed by atoms with Crippen LogP contribution in [0.3, 0.4) is 0 Å². The van der Waals surface area contributed by atoms with Crippen molar-refractivity contribution < 1.29 is 9.59 Å². The normalized spacial score (nSPS) is 10.9. The van der Waals surface area contributed by atoms with Gasteiger partial charge in [-0.15, -0.1) is 0 Å². The molecule has 1 heterocycles. The topological polar surface area (TPSA) is 97.1 Å². The fraction of sp³-hybridized carbons (Fsp3) is 0.308. The molecule has 1 aromatic heterocycles. The first-order valence-electron chi connectivity index (χ1n) is 5.75. The van der Waals surface area contributed by atoms with Crippen LogP contribution in [-0.2, 0) is 4.79 Å². The smallest absolute Gasteiger partial charge is 0.253 e. The first-order valence-corrected chi connectivity index (χ1v) is 5.75. The number of aromatic nitrogens is 1. The summed E-state index contributed by atoms with van der Waals surface area (Å²) in [4.78, 5) is 27.1. The van der Waals surface area contributed by atoms with Crippen LogP contribution in [0.4, 0.5) is 0 Å². The van der Waals surface area contributed by atoms with Crippen LogP contribution in [-0.4, -0.2) is 36.4 Å². The lowest BCUT2D eigenvalue weighted by atomic mass is 10.2. The van der Waals surface area contributed by atoms with E-state index in [1.165, 1.54) is 13.2 Å². The second-order valence-electron chi connectivity index (χ2n) is 3.78. The van der Waals surface area contributed by atoms with E-state index in [4.69, 9.17) is 5.73 Å². The number of nitrogens with zero attached hydrogens (tertiary/aromatic N) is 1. The number of rotatable bonds is 3. The standard InChI is InChI=1S/C13H16N4O2/c1-9(12(18)15-2)17-13(19)11-6-10(4-3-5-14)7-16-8-11/h6-9H,5,14H2,1-2H3,(H,15,18)(H,17,19). The minimum Gasteiger partial charge on any atom is -0.357 e. The molecule has 1 unspecified atom stereocenters. The van der Waals surface area contributed by atoms with E-state index >= 15 is 0 Å². The van der Waals surface area contributed by atoms with Gasteiger partial charge < -0.3 is 16.4 Å². The van der Waals surface area contributed by atoms with E-state index in [1.54, 1.807) is 19.2 Å². The van der Waals surface area contributed by atoms with Crippen molar-refractivity contribution in [1.29, 1.82) is 0 Å². The summed E-state index contributed by atoms with van der Waals surface area (Å²) >= 11 is 0. The molecule has 4 N–H and O–H groups in total. The van der Waals surface area contributed by atoms with E-state index in [0.29, 0.717) is 11.1 Å². The average molecular weight is 260 g/mol. The molecule has 0 aliphatic rings. The number of amides is 2. The van der Waals surface area contributed by atoms with Gasteiger partial charge in [-0.25, -0.2) is 0 Å². The third kappa shape index (κ3) is 4.41. The molecule has 1 atom stereocenters. The van der Waals surface area contributed by atoms with Crippen LogP contribution in [0.15, 0.2) is 18.5 Å². The number of carbonyl (C=O) groups excluding carboxylic acids is 2. The van der Waals surface area contributed by atoms with Gasteiger partial charge in [-0.2, -0.15) is 0 Å². The minimum absolute atomic E-state index is 0.240. The molecular formula is C13H16N4O2. The lowest BCUT2D eigenvalue weighted by molar-refractivity contribution is -0.122. The summed E-state index contributed by atoms with van der Waals surface area (Å²) in [6.45, 7) is 1.84. The van der Waals surface area contributed by atoms with Gasteiger partial charge in [0.1, 0.15) is 6.04 Å². The Morgan fingerprint density at radius 1 is 1.47 bits per heavy atom. The lowest BCUT2D eigenvalue weighted by Crippen LogP contribution is -2.43. The van der Waals surface area contributed by atoms with Gasteiger partial charge >= 0.3 is 0 Å². The van der Waals surface area contributed by atoms with Crippen molar-refractivity contribution in [2.45, 2.75) is 13.0 Å². The highest BCUT2D eigenvalue weighted by atomic mass is 16.2. The molecule has 0 saturated carbocycles. The fourth-order valence-corrected chi connectivity index (χ4v) is 1.35. The molecule has 6 heteroatoms. The third-order valence-corrected chi connectivity index (χ3v) is 2.32. The number of nitrogens with one attached hydrogen (secondary N) is 2. The van der Waals surface area contributed by atoms with Gasteiger partial charge in [0.15, 0.2) is 0 Å². The molecule has 0 aliphatic heterocycles. The summed E-state index contributed by atoms with van der Waals surface area (Å²) in [5.74, 6) is 4.83. The Kier molecular flexibility index (Phi) is 5.51. The second kappa shape index (κ2) is 7.13. The molecule has 0 aromatic carbocycles. The molecule has 1 aromatic rings. The van der Waals surface area contributed by atoms with E-state index in [9.17, 15) is 9.59 Å². The molecule has 0 spiro atoms. The van der Waals surface area contributed by atoms with E-state index in [2.05, 4.69) is 27.5 Å². The molecule has 2 amide bonds. The number of hydrogen-bond donors (Lipinski definition) is 3. The number of likely N-dealkylation sites (N-methyl/N-ethyl adjacent to an activating group) is 1. The van der Waals surface area contributed by atoms with E-state index in [-0.39, 0.29) is 18.4 Å². The maximum absolute atomic E-state index is 11.9. The summed E-state index contributed by atoms with van der Waals surface area (Å²) < 4.78 is 0. The Morgan fingerprint density at radius 3 is 2.84 bits per heavy atom. The van der Waals surface area contributed by atoms with Gasteiger partial charge in [-0.1, -0.05) is 11.8 Å². The number of pyridine rings is 1. The molecule has 0 bridgehead atoms. The summed E-state index contributed by atoms with van der Waals surface area (Å²) in [5, 5.41) is 5.02. The predicted octanol–water partition coefficient (Wildman–Crippen LogP) is -0.744. The zero-order chi connectivity index (χ0) is 14.3. The highest BCUT2D eigenvalue weighted by Crippen LogP contribution is 2.02. The minimum atomic E-state index is -0.615. The predicted molar refractivity (Wildman–Crippen MR) is 71.2 cm³/mol. The number of hydrogen-bond acceptors (Lipinski definition) is 4. The van der Waals surface area contributed by atoms with Crippen molar-refractivity contribution in [2.75, 3.05) is 13.6 Å². The van der Waals surface area contributed by atoms with Crippen molar-refractivity contribution in [3.05, 3.63) is 29.6 Å². The fourth-order valence-electron chi connectivity index (χ4n) is 1.35. The van der Waals surface area contributed by atoms with Crippen LogP contribution in [0.5, 0.6) is 0 Å². The highest BCUT2D eigenvalue weighted by Gasteiger charge is 2.15. The van der Waals surface area contributed by atoms with Gasteiger partial charge in [0.05, 0.1) is 12.1 Å². The first-order chi connectivity index (χ1) is 9.08. The Balaban J connectivity index is 2.80. The largest absolute Gasteiger partial charge is 0.357 e. The van der Waals surface area contributed by atoms with Crippen LogP contribution >= 0.6 is 0 Å².